The normalized spacial score (nSPS) is 15.8. The molecule has 0 saturated carbocycles. The van der Waals surface area contributed by atoms with E-state index in [-0.39, 0.29) is 43.2 Å². The Balaban J connectivity index is 1.66. The maximum atomic E-state index is 13.2. The van der Waals surface area contributed by atoms with Gasteiger partial charge >= 0.3 is 0 Å². The van der Waals surface area contributed by atoms with Crippen LogP contribution in [-0.4, -0.2) is 48.9 Å². The van der Waals surface area contributed by atoms with Gasteiger partial charge in [-0.2, -0.15) is 0 Å². The van der Waals surface area contributed by atoms with Gasteiger partial charge in [0.2, 0.25) is 11.8 Å². The fourth-order valence-electron chi connectivity index (χ4n) is 3.15. The van der Waals surface area contributed by atoms with Crippen molar-refractivity contribution in [2.24, 2.45) is 0 Å². The number of hydrogen-bond donors (Lipinski definition) is 1. The summed E-state index contributed by atoms with van der Waals surface area (Å²) in [5, 5.41) is 2.79. The number of carbonyl (C=O) groups is 3. The molecule has 1 N–H and O–H groups in total. The lowest BCUT2D eigenvalue weighted by atomic mass is 10.1. The minimum absolute atomic E-state index is 0.154. The molecule has 0 fully saturated rings. The maximum Gasteiger partial charge on any atom is 0.260 e. The van der Waals surface area contributed by atoms with Gasteiger partial charge in [-0.05, 0) is 31.2 Å². The Morgan fingerprint density at radius 2 is 2.00 bits per heavy atom. The highest BCUT2D eigenvalue weighted by Crippen LogP contribution is 2.31. The van der Waals surface area contributed by atoms with Crippen molar-refractivity contribution in [1.29, 1.82) is 0 Å². The number of rotatable bonds is 5. The molecular weight excluding hydrogens is 377 g/mol. The van der Waals surface area contributed by atoms with Gasteiger partial charge < -0.3 is 19.9 Å². The summed E-state index contributed by atoms with van der Waals surface area (Å²) in [5.41, 5.74) is 1.14. The van der Waals surface area contributed by atoms with E-state index in [2.05, 4.69) is 5.32 Å². The van der Waals surface area contributed by atoms with Crippen LogP contribution < -0.4 is 15.0 Å². The molecule has 0 bridgehead atoms. The monoisotopic (exact) mass is 399 g/mol. The zero-order valence-corrected chi connectivity index (χ0v) is 16.2. The second-order valence-electron chi connectivity index (χ2n) is 6.88. The zero-order valence-electron chi connectivity index (χ0n) is 16.2. The summed E-state index contributed by atoms with van der Waals surface area (Å²) in [4.78, 5) is 40.1. The standard InChI is InChI=1S/C21H22FN3O4/c1-14-10-19(26)23-17-8-3-4-9-18(17)25(14)20(27)12-24(2)21(28)13-29-16-7-5-6-15(22)11-16/h3-9,11,14H,10,12-13H2,1-2H3,(H,23,26)/t14-/m0/s1. The average molecular weight is 399 g/mol. The predicted molar refractivity (Wildman–Crippen MR) is 106 cm³/mol. The van der Waals surface area contributed by atoms with Crippen molar-refractivity contribution in [2.75, 3.05) is 30.4 Å². The molecule has 1 heterocycles. The van der Waals surface area contributed by atoms with Crippen LogP contribution in [0.2, 0.25) is 0 Å². The molecule has 7 nitrogen and oxygen atoms in total. The number of benzene rings is 2. The summed E-state index contributed by atoms with van der Waals surface area (Å²) in [6.45, 7) is 1.28. The van der Waals surface area contributed by atoms with Crippen LogP contribution in [0.4, 0.5) is 15.8 Å². The lowest BCUT2D eigenvalue weighted by Gasteiger charge is -2.29. The van der Waals surface area contributed by atoms with E-state index in [1.807, 2.05) is 0 Å². The number of fused-ring (bicyclic) bond motifs is 1. The number of nitrogens with zero attached hydrogens (tertiary/aromatic N) is 2. The van der Waals surface area contributed by atoms with Gasteiger partial charge in [-0.3, -0.25) is 14.4 Å². The quantitative estimate of drug-likeness (QED) is 0.838. The molecular formula is C21H22FN3O4. The third-order valence-electron chi connectivity index (χ3n) is 4.58. The Hall–Kier alpha value is -3.42. The third kappa shape index (κ3) is 4.90. The van der Waals surface area contributed by atoms with Gasteiger partial charge in [0, 0.05) is 25.6 Å². The molecule has 2 aromatic rings. The minimum Gasteiger partial charge on any atom is -0.484 e. The van der Waals surface area contributed by atoms with Crippen molar-refractivity contribution < 1.29 is 23.5 Å². The molecule has 0 aliphatic carbocycles. The van der Waals surface area contributed by atoms with Crippen LogP contribution in [0, 0.1) is 5.82 Å². The number of ether oxygens (including phenoxy) is 1. The van der Waals surface area contributed by atoms with Gasteiger partial charge in [-0.15, -0.1) is 0 Å². The summed E-state index contributed by atoms with van der Waals surface area (Å²) in [7, 11) is 1.49. The predicted octanol–water partition coefficient (Wildman–Crippen LogP) is 2.43. The average Bonchev–Trinajstić information content (AvgIpc) is 2.80. The van der Waals surface area contributed by atoms with Crippen LogP contribution in [-0.2, 0) is 14.4 Å². The van der Waals surface area contributed by atoms with Crippen LogP contribution in [0.1, 0.15) is 13.3 Å². The smallest absolute Gasteiger partial charge is 0.260 e. The highest BCUT2D eigenvalue weighted by atomic mass is 19.1. The molecule has 2 aromatic carbocycles. The Kier molecular flexibility index (Phi) is 6.11. The number of anilines is 2. The first-order valence-electron chi connectivity index (χ1n) is 9.18. The lowest BCUT2D eigenvalue weighted by molar-refractivity contribution is -0.135. The molecule has 0 aromatic heterocycles. The van der Waals surface area contributed by atoms with Crippen LogP contribution >= 0.6 is 0 Å². The van der Waals surface area contributed by atoms with Crippen molar-refractivity contribution in [3.63, 3.8) is 0 Å². The Bertz CT molecular complexity index is 934. The fraction of sp³-hybridized carbons (Fsp3) is 0.286. The SMILES string of the molecule is C[C@H]1CC(=O)Nc2ccccc2N1C(=O)CN(C)C(=O)COc1cccc(F)c1. The Morgan fingerprint density at radius 3 is 2.76 bits per heavy atom. The largest absolute Gasteiger partial charge is 0.484 e. The van der Waals surface area contributed by atoms with Gasteiger partial charge in [-0.1, -0.05) is 18.2 Å². The van der Waals surface area contributed by atoms with Crippen molar-refractivity contribution in [2.45, 2.75) is 19.4 Å². The third-order valence-corrected chi connectivity index (χ3v) is 4.58. The molecule has 3 amide bonds. The fourth-order valence-corrected chi connectivity index (χ4v) is 3.15. The van der Waals surface area contributed by atoms with Crippen molar-refractivity contribution in [3.8, 4) is 5.75 Å². The summed E-state index contributed by atoms with van der Waals surface area (Å²) < 4.78 is 18.5. The first kappa shape index (κ1) is 20.3. The summed E-state index contributed by atoms with van der Waals surface area (Å²) >= 11 is 0. The second kappa shape index (κ2) is 8.72. The maximum absolute atomic E-state index is 13.2. The van der Waals surface area contributed by atoms with Gasteiger partial charge in [0.1, 0.15) is 11.6 Å². The minimum atomic E-state index is -0.463. The first-order chi connectivity index (χ1) is 13.8. The molecule has 3 rings (SSSR count). The van der Waals surface area contributed by atoms with Gasteiger partial charge in [0.05, 0.1) is 17.9 Å². The Morgan fingerprint density at radius 1 is 1.24 bits per heavy atom. The van der Waals surface area contributed by atoms with E-state index >= 15 is 0 Å². The lowest BCUT2D eigenvalue weighted by Crippen LogP contribution is -2.46. The van der Waals surface area contributed by atoms with Gasteiger partial charge in [0.15, 0.2) is 6.61 Å². The highest BCUT2D eigenvalue weighted by molar-refractivity contribution is 6.05. The summed E-state index contributed by atoms with van der Waals surface area (Å²) in [5.74, 6) is -1.14. The van der Waals surface area contributed by atoms with E-state index in [1.165, 1.54) is 35.0 Å². The van der Waals surface area contributed by atoms with Crippen molar-refractivity contribution in [1.82, 2.24) is 4.90 Å². The number of carbonyl (C=O) groups excluding carboxylic acids is 3. The van der Waals surface area contributed by atoms with Crippen LogP contribution in [0.15, 0.2) is 48.5 Å². The van der Waals surface area contributed by atoms with Gasteiger partial charge in [-0.25, -0.2) is 4.39 Å². The van der Waals surface area contributed by atoms with E-state index in [0.29, 0.717) is 11.4 Å². The number of para-hydroxylation sites is 2. The van der Waals surface area contributed by atoms with E-state index < -0.39 is 11.7 Å². The summed E-state index contributed by atoms with van der Waals surface area (Å²) in [6, 6.07) is 12.2. The highest BCUT2D eigenvalue weighted by Gasteiger charge is 2.30. The molecule has 152 valence electrons. The molecule has 1 atom stereocenters. The van der Waals surface area contributed by atoms with Gasteiger partial charge in [0.25, 0.3) is 5.91 Å². The van der Waals surface area contributed by atoms with E-state index in [4.69, 9.17) is 4.74 Å². The molecule has 0 saturated heterocycles. The molecule has 29 heavy (non-hydrogen) atoms. The number of nitrogens with one attached hydrogen (secondary N) is 1. The van der Waals surface area contributed by atoms with E-state index in [1.54, 1.807) is 37.3 Å². The molecule has 0 spiro atoms. The van der Waals surface area contributed by atoms with Crippen molar-refractivity contribution in [3.05, 3.63) is 54.3 Å². The molecule has 0 radical (unpaired) electrons. The zero-order chi connectivity index (χ0) is 21.0. The van der Waals surface area contributed by atoms with Crippen LogP contribution in [0.5, 0.6) is 5.75 Å². The molecule has 1 aliphatic rings. The summed E-state index contributed by atoms with van der Waals surface area (Å²) in [6.07, 6.45) is 0.154. The Labute approximate surface area is 168 Å². The second-order valence-corrected chi connectivity index (χ2v) is 6.88. The van der Waals surface area contributed by atoms with E-state index in [0.717, 1.165) is 0 Å². The molecule has 8 heteroatoms. The first-order valence-corrected chi connectivity index (χ1v) is 9.18. The number of halogens is 1. The number of hydrogen-bond acceptors (Lipinski definition) is 4. The van der Waals surface area contributed by atoms with Crippen LogP contribution in [0.3, 0.4) is 0 Å². The van der Waals surface area contributed by atoms with Crippen molar-refractivity contribution >= 4 is 29.1 Å². The molecule has 1 aliphatic heterocycles. The van der Waals surface area contributed by atoms with E-state index in [9.17, 15) is 18.8 Å². The number of amides is 3. The number of likely N-dealkylation sites (N-methyl/N-ethyl adjacent to an activating group) is 1. The topological polar surface area (TPSA) is 79.0 Å². The van der Waals surface area contributed by atoms with Crippen LogP contribution in [0.25, 0.3) is 0 Å². The molecule has 0 unspecified atom stereocenters.